The van der Waals surface area contributed by atoms with Gasteiger partial charge in [0.05, 0.1) is 18.9 Å². The standard InChI is InChI=1S/C15H22N4O8.H4NO3P/c16-9-1-6-19(15(26)17-9)10-7-8(20)13(27-10)14(25)18(4-2-11(21)22)5-3-12(23)24;1-5(2,3)4/h1,6,8,10,13-14,20,25H,2-5,7H2,(H,21,22)(H,23,24)(H2,16,17,26);(H4,1,2,3,4)/t8-,10+,13-,14?;/m0./s1. The van der Waals surface area contributed by atoms with Crippen LogP contribution in [0, 0.1) is 0 Å². The van der Waals surface area contributed by atoms with E-state index in [2.05, 4.69) is 10.5 Å². The molecule has 0 aliphatic carbocycles. The second-order valence-corrected chi connectivity index (χ2v) is 7.90. The van der Waals surface area contributed by atoms with Crippen molar-refractivity contribution < 1.29 is 49.1 Å². The minimum Gasteiger partial charge on any atom is -0.481 e. The van der Waals surface area contributed by atoms with Gasteiger partial charge in [-0.15, -0.1) is 0 Å². The van der Waals surface area contributed by atoms with Crippen LogP contribution in [0.25, 0.3) is 0 Å². The molecule has 1 aliphatic heterocycles. The van der Waals surface area contributed by atoms with Gasteiger partial charge in [-0.05, 0) is 6.07 Å². The van der Waals surface area contributed by atoms with Crippen molar-refractivity contribution >= 4 is 25.5 Å². The largest absolute Gasteiger partial charge is 0.481 e. The first-order chi connectivity index (χ1) is 14.7. The molecule has 10 N–H and O–H groups in total. The van der Waals surface area contributed by atoms with Crippen LogP contribution in [0.5, 0.6) is 0 Å². The number of carboxylic acids is 2. The zero-order chi connectivity index (χ0) is 24.6. The number of nitrogens with two attached hydrogens (primary N) is 2. The van der Waals surface area contributed by atoms with Gasteiger partial charge in [-0.3, -0.25) is 19.1 Å². The Morgan fingerprint density at radius 3 is 2.22 bits per heavy atom. The summed E-state index contributed by atoms with van der Waals surface area (Å²) in [6.07, 6.45) is -4.01. The fourth-order valence-corrected chi connectivity index (χ4v) is 2.82. The Balaban J connectivity index is 0.000000920. The van der Waals surface area contributed by atoms with Gasteiger partial charge >= 0.3 is 25.4 Å². The van der Waals surface area contributed by atoms with Gasteiger partial charge in [-0.1, -0.05) is 0 Å². The fourth-order valence-electron chi connectivity index (χ4n) is 2.82. The van der Waals surface area contributed by atoms with E-state index in [0.29, 0.717) is 0 Å². The molecule has 1 aromatic rings. The molecular formula is C15H26N5O11P. The van der Waals surface area contributed by atoms with Crippen molar-refractivity contribution in [1.82, 2.24) is 14.5 Å². The van der Waals surface area contributed by atoms with Crippen molar-refractivity contribution in [2.45, 2.75) is 43.9 Å². The quantitative estimate of drug-likeness (QED) is 0.129. The Morgan fingerprint density at radius 1 is 1.28 bits per heavy atom. The van der Waals surface area contributed by atoms with Crippen molar-refractivity contribution in [2.24, 2.45) is 5.50 Å². The summed E-state index contributed by atoms with van der Waals surface area (Å²) in [5.74, 6) is -2.21. The number of rotatable bonds is 9. The fraction of sp³-hybridized carbons (Fsp3) is 0.600. The average Bonchev–Trinajstić information content (AvgIpc) is 3.00. The number of aliphatic hydroxyl groups excluding tert-OH is 2. The molecule has 1 saturated heterocycles. The highest BCUT2D eigenvalue weighted by Crippen LogP contribution is 2.30. The van der Waals surface area contributed by atoms with Gasteiger partial charge in [0.15, 0.2) is 0 Å². The van der Waals surface area contributed by atoms with Crippen LogP contribution in [-0.2, 0) is 18.9 Å². The molecule has 2 rings (SSSR count). The number of hydrogen-bond acceptors (Lipinski definition) is 10. The first-order valence-electron chi connectivity index (χ1n) is 9.07. The Labute approximate surface area is 180 Å². The third-order valence-electron chi connectivity index (χ3n) is 4.19. The normalized spacial score (nSPS) is 21.6. The monoisotopic (exact) mass is 483 g/mol. The van der Waals surface area contributed by atoms with E-state index in [9.17, 15) is 24.6 Å². The van der Waals surface area contributed by atoms with E-state index in [1.165, 1.54) is 17.2 Å². The molecule has 1 aromatic heterocycles. The number of nitrogen functional groups attached to an aromatic ring is 1. The maximum absolute atomic E-state index is 11.9. The Hall–Kier alpha value is -2.43. The number of ether oxygens (including phenoxy) is 1. The molecule has 0 spiro atoms. The molecule has 16 nitrogen and oxygen atoms in total. The third kappa shape index (κ3) is 9.80. The number of carboxylic acid groups (broad SMARTS) is 2. The van der Waals surface area contributed by atoms with Crippen molar-refractivity contribution in [1.29, 1.82) is 0 Å². The maximum Gasteiger partial charge on any atom is 0.397 e. The van der Waals surface area contributed by atoms with E-state index < -0.39 is 50.0 Å². The van der Waals surface area contributed by atoms with E-state index >= 15 is 0 Å². The number of aliphatic carboxylic acids is 2. The topological polar surface area (TPSA) is 272 Å². The number of carbonyl (C=O) groups is 2. The van der Waals surface area contributed by atoms with Gasteiger partial charge in [-0.2, -0.15) is 4.98 Å². The molecule has 0 radical (unpaired) electrons. The van der Waals surface area contributed by atoms with Crippen molar-refractivity contribution in [3.05, 3.63) is 22.7 Å². The number of aliphatic hydroxyl groups is 2. The van der Waals surface area contributed by atoms with Crippen molar-refractivity contribution in [3.63, 3.8) is 0 Å². The lowest BCUT2D eigenvalue weighted by Gasteiger charge is -2.32. The molecule has 1 unspecified atom stereocenters. The second-order valence-electron chi connectivity index (χ2n) is 6.73. The maximum atomic E-state index is 11.9. The molecule has 0 saturated carbocycles. The van der Waals surface area contributed by atoms with Gasteiger partial charge in [0.1, 0.15) is 24.4 Å². The predicted octanol–water partition coefficient (Wildman–Crippen LogP) is -2.92. The predicted molar refractivity (Wildman–Crippen MR) is 106 cm³/mol. The highest BCUT2D eigenvalue weighted by molar-refractivity contribution is 7.49. The second kappa shape index (κ2) is 12.0. The van der Waals surface area contributed by atoms with Gasteiger partial charge in [0, 0.05) is 25.7 Å². The summed E-state index contributed by atoms with van der Waals surface area (Å²) in [6.45, 7) is -0.269. The minimum atomic E-state index is -4.14. The van der Waals surface area contributed by atoms with Crippen molar-refractivity contribution in [3.8, 4) is 0 Å². The number of anilines is 1. The number of nitrogens with zero attached hydrogens (tertiary/aromatic N) is 3. The summed E-state index contributed by atoms with van der Waals surface area (Å²) in [4.78, 5) is 53.1. The zero-order valence-corrected chi connectivity index (χ0v) is 17.6. The van der Waals surface area contributed by atoms with Crippen LogP contribution in [0.1, 0.15) is 25.5 Å². The molecule has 4 atom stereocenters. The minimum absolute atomic E-state index is 0.0149. The summed E-state index contributed by atoms with van der Waals surface area (Å²) in [6, 6.07) is 1.38. The highest BCUT2D eigenvalue weighted by atomic mass is 31.2. The number of hydrogen-bond donors (Lipinski definition) is 8. The lowest BCUT2D eigenvalue weighted by Crippen LogP contribution is -2.49. The lowest BCUT2D eigenvalue weighted by molar-refractivity contribution is -0.150. The van der Waals surface area contributed by atoms with E-state index in [0.717, 1.165) is 4.57 Å². The molecule has 0 bridgehead atoms. The lowest BCUT2D eigenvalue weighted by atomic mass is 10.1. The molecule has 0 amide bonds. The molecular weight excluding hydrogens is 457 g/mol. The van der Waals surface area contributed by atoms with E-state index in [4.69, 9.17) is 35.0 Å². The Bertz CT molecular complexity index is 865. The third-order valence-corrected chi connectivity index (χ3v) is 4.19. The van der Waals surface area contributed by atoms with Crippen LogP contribution >= 0.6 is 7.75 Å². The summed E-state index contributed by atoms with van der Waals surface area (Å²) in [7, 11) is -4.14. The van der Waals surface area contributed by atoms with E-state index in [1.54, 1.807) is 0 Å². The smallest absolute Gasteiger partial charge is 0.397 e. The van der Waals surface area contributed by atoms with Crippen LogP contribution in [0.3, 0.4) is 0 Å². The first kappa shape index (κ1) is 27.6. The van der Waals surface area contributed by atoms with Crippen LogP contribution in [0.2, 0.25) is 0 Å². The summed E-state index contributed by atoms with van der Waals surface area (Å²) >= 11 is 0. The summed E-state index contributed by atoms with van der Waals surface area (Å²) in [5.41, 5.74) is 8.76. The molecule has 32 heavy (non-hydrogen) atoms. The zero-order valence-electron chi connectivity index (χ0n) is 16.7. The van der Waals surface area contributed by atoms with E-state index in [-0.39, 0.29) is 38.2 Å². The molecule has 2 heterocycles. The molecule has 182 valence electrons. The molecule has 17 heteroatoms. The highest BCUT2D eigenvalue weighted by Gasteiger charge is 2.42. The van der Waals surface area contributed by atoms with Gasteiger partial charge in [-0.25, -0.2) is 14.9 Å². The SMILES string of the molecule is NP(=O)(O)O.Nc1ccn([C@H]2C[C@H](O)[C@@H](C(O)N(CCC(=O)O)CCC(=O)O)O2)c(=O)n1. The average molecular weight is 483 g/mol. The number of aromatic nitrogens is 2. The van der Waals surface area contributed by atoms with Gasteiger partial charge < -0.3 is 40.7 Å². The van der Waals surface area contributed by atoms with Crippen LogP contribution < -0.4 is 16.9 Å². The van der Waals surface area contributed by atoms with Crippen molar-refractivity contribution in [2.75, 3.05) is 18.8 Å². The Kier molecular flexibility index (Phi) is 10.3. The summed E-state index contributed by atoms with van der Waals surface area (Å²) < 4.78 is 15.8. The molecule has 1 fully saturated rings. The van der Waals surface area contributed by atoms with Gasteiger partial charge in [0.2, 0.25) is 0 Å². The van der Waals surface area contributed by atoms with Crippen LogP contribution in [0.4, 0.5) is 5.82 Å². The molecule has 0 aromatic carbocycles. The Morgan fingerprint density at radius 2 is 1.78 bits per heavy atom. The van der Waals surface area contributed by atoms with Crippen LogP contribution in [0.15, 0.2) is 17.1 Å². The summed E-state index contributed by atoms with van der Waals surface area (Å²) in [5, 5.41) is 38.4. The molecule has 1 aliphatic rings. The first-order valence-corrected chi connectivity index (χ1v) is 10.7. The van der Waals surface area contributed by atoms with E-state index in [1.807, 2.05) is 0 Å². The van der Waals surface area contributed by atoms with Gasteiger partial charge in [0.25, 0.3) is 0 Å². The van der Waals surface area contributed by atoms with Crippen LogP contribution in [-0.4, -0.2) is 88.1 Å².